The number of rotatable bonds is 12. The second-order valence-electron chi connectivity index (χ2n) is 8.59. The number of nitrogens with one attached hydrogen (secondary N) is 1. The SMILES string of the molecule is COc1cc(COc2c(Cl)cc(/C=N/NC(=O)c3cccc([N+](=O)[O-])c3)cc2OC)ccc1OCc1ccccc1. The lowest BCUT2D eigenvalue weighted by molar-refractivity contribution is -0.384. The number of carbonyl (C=O) groups is 1. The van der Waals surface area contributed by atoms with Gasteiger partial charge in [-0.1, -0.05) is 54.1 Å². The number of hydrazone groups is 1. The lowest BCUT2D eigenvalue weighted by Gasteiger charge is -2.15. The van der Waals surface area contributed by atoms with Crippen LogP contribution in [0.15, 0.2) is 90.0 Å². The molecular formula is C30H26ClN3O7. The molecule has 1 amide bonds. The predicted octanol–water partition coefficient (Wildman–Crippen LogP) is 6.19. The van der Waals surface area contributed by atoms with Gasteiger partial charge in [0.15, 0.2) is 23.0 Å². The zero-order valence-electron chi connectivity index (χ0n) is 22.2. The number of benzene rings is 4. The Hall–Kier alpha value is -5.09. The summed E-state index contributed by atoms with van der Waals surface area (Å²) in [6, 6.07) is 23.9. The van der Waals surface area contributed by atoms with Gasteiger partial charge in [-0.05, 0) is 47.0 Å². The van der Waals surface area contributed by atoms with Crippen LogP contribution in [0.1, 0.15) is 27.0 Å². The van der Waals surface area contributed by atoms with Crippen LogP contribution in [0, 0.1) is 10.1 Å². The molecule has 0 radical (unpaired) electrons. The van der Waals surface area contributed by atoms with Gasteiger partial charge in [0.1, 0.15) is 13.2 Å². The van der Waals surface area contributed by atoms with E-state index in [9.17, 15) is 14.9 Å². The molecule has 41 heavy (non-hydrogen) atoms. The molecule has 0 bridgehead atoms. The third kappa shape index (κ3) is 7.74. The number of methoxy groups -OCH3 is 2. The summed E-state index contributed by atoms with van der Waals surface area (Å²) in [5, 5.41) is 15.1. The highest BCUT2D eigenvalue weighted by Gasteiger charge is 2.14. The average molecular weight is 576 g/mol. The highest BCUT2D eigenvalue weighted by Crippen LogP contribution is 2.37. The first-order valence-corrected chi connectivity index (χ1v) is 12.7. The molecule has 0 atom stereocenters. The van der Waals surface area contributed by atoms with Crippen LogP contribution >= 0.6 is 11.6 Å². The van der Waals surface area contributed by atoms with Gasteiger partial charge in [-0.2, -0.15) is 5.10 Å². The van der Waals surface area contributed by atoms with Crippen molar-refractivity contribution in [2.24, 2.45) is 5.10 Å². The topological polar surface area (TPSA) is 122 Å². The molecule has 210 valence electrons. The highest BCUT2D eigenvalue weighted by molar-refractivity contribution is 6.32. The van der Waals surface area contributed by atoms with Gasteiger partial charge < -0.3 is 18.9 Å². The molecule has 0 fully saturated rings. The number of amides is 1. The van der Waals surface area contributed by atoms with Crippen molar-refractivity contribution in [2.45, 2.75) is 13.2 Å². The van der Waals surface area contributed by atoms with E-state index in [1.807, 2.05) is 48.5 Å². The first-order chi connectivity index (χ1) is 19.9. The largest absolute Gasteiger partial charge is 0.493 e. The fourth-order valence-electron chi connectivity index (χ4n) is 3.76. The van der Waals surface area contributed by atoms with Crippen LogP contribution in [0.3, 0.4) is 0 Å². The van der Waals surface area contributed by atoms with Gasteiger partial charge in [-0.15, -0.1) is 0 Å². The minimum absolute atomic E-state index is 0.100. The van der Waals surface area contributed by atoms with Crippen LogP contribution in [0.2, 0.25) is 5.02 Å². The first-order valence-electron chi connectivity index (χ1n) is 12.3. The molecule has 0 unspecified atom stereocenters. The van der Waals surface area contributed by atoms with E-state index in [2.05, 4.69) is 10.5 Å². The summed E-state index contributed by atoms with van der Waals surface area (Å²) in [6.07, 6.45) is 1.37. The lowest BCUT2D eigenvalue weighted by atomic mass is 10.2. The Morgan fingerprint density at radius 1 is 0.878 bits per heavy atom. The van der Waals surface area contributed by atoms with E-state index < -0.39 is 10.8 Å². The number of halogens is 1. The summed E-state index contributed by atoms with van der Waals surface area (Å²) in [5.74, 6) is 1.26. The summed E-state index contributed by atoms with van der Waals surface area (Å²) in [5.41, 5.74) is 4.63. The fourth-order valence-corrected chi connectivity index (χ4v) is 4.03. The molecule has 0 aliphatic heterocycles. The van der Waals surface area contributed by atoms with E-state index >= 15 is 0 Å². The molecule has 0 aliphatic carbocycles. The molecule has 10 nitrogen and oxygen atoms in total. The van der Waals surface area contributed by atoms with Crippen molar-refractivity contribution in [1.29, 1.82) is 0 Å². The maximum Gasteiger partial charge on any atom is 0.271 e. The van der Waals surface area contributed by atoms with E-state index in [1.165, 1.54) is 31.5 Å². The number of hydrogen-bond donors (Lipinski definition) is 1. The molecule has 0 saturated heterocycles. The summed E-state index contributed by atoms with van der Waals surface area (Å²) >= 11 is 6.48. The Kier molecular flexibility index (Phi) is 9.74. The van der Waals surface area contributed by atoms with Crippen molar-refractivity contribution in [2.75, 3.05) is 14.2 Å². The first kappa shape index (κ1) is 28.9. The van der Waals surface area contributed by atoms with Crippen molar-refractivity contribution < 1.29 is 28.7 Å². The molecule has 1 N–H and O–H groups in total. The maximum atomic E-state index is 12.3. The molecule has 0 spiro atoms. The van der Waals surface area contributed by atoms with Gasteiger partial charge in [-0.25, -0.2) is 5.43 Å². The van der Waals surface area contributed by atoms with Crippen molar-refractivity contribution >= 4 is 29.4 Å². The Morgan fingerprint density at radius 3 is 2.37 bits per heavy atom. The maximum absolute atomic E-state index is 12.3. The number of nitrogens with zero attached hydrogens (tertiary/aromatic N) is 2. The summed E-state index contributed by atoms with van der Waals surface area (Å²) in [4.78, 5) is 22.7. The fraction of sp³-hybridized carbons (Fsp3) is 0.133. The predicted molar refractivity (Wildman–Crippen MR) is 154 cm³/mol. The average Bonchev–Trinajstić information content (AvgIpc) is 2.99. The third-order valence-corrected chi connectivity index (χ3v) is 6.08. The minimum Gasteiger partial charge on any atom is -0.493 e. The molecule has 0 aliphatic rings. The smallest absolute Gasteiger partial charge is 0.271 e. The van der Waals surface area contributed by atoms with Crippen LogP contribution in [0.25, 0.3) is 0 Å². The summed E-state index contributed by atoms with van der Waals surface area (Å²) in [6.45, 7) is 0.589. The van der Waals surface area contributed by atoms with Crippen LogP contribution < -0.4 is 24.4 Å². The molecule has 0 aromatic heterocycles. The van der Waals surface area contributed by atoms with Gasteiger partial charge >= 0.3 is 0 Å². The zero-order valence-corrected chi connectivity index (χ0v) is 23.0. The summed E-state index contributed by atoms with van der Waals surface area (Å²) < 4.78 is 22.9. The number of carbonyl (C=O) groups excluding carboxylic acids is 1. The molecule has 4 aromatic rings. The Balaban J connectivity index is 1.40. The Morgan fingerprint density at radius 2 is 1.63 bits per heavy atom. The van der Waals surface area contributed by atoms with Crippen molar-refractivity contribution in [1.82, 2.24) is 5.43 Å². The number of hydrogen-bond acceptors (Lipinski definition) is 8. The van der Waals surface area contributed by atoms with Gasteiger partial charge in [0, 0.05) is 17.7 Å². The molecular weight excluding hydrogens is 550 g/mol. The minimum atomic E-state index is -0.602. The van der Waals surface area contributed by atoms with Gasteiger partial charge in [0.25, 0.3) is 11.6 Å². The van der Waals surface area contributed by atoms with Gasteiger partial charge in [0.2, 0.25) is 0 Å². The van der Waals surface area contributed by atoms with Crippen LogP contribution in [-0.2, 0) is 13.2 Å². The Labute approximate surface area is 241 Å². The van der Waals surface area contributed by atoms with Crippen molar-refractivity contribution in [3.63, 3.8) is 0 Å². The van der Waals surface area contributed by atoms with E-state index in [-0.39, 0.29) is 22.9 Å². The quantitative estimate of drug-likeness (QED) is 0.121. The second kappa shape index (κ2) is 13.8. The lowest BCUT2D eigenvalue weighted by Crippen LogP contribution is -2.17. The number of nitro benzene ring substituents is 1. The van der Waals surface area contributed by atoms with E-state index in [4.69, 9.17) is 30.5 Å². The molecule has 0 heterocycles. The van der Waals surface area contributed by atoms with E-state index in [0.29, 0.717) is 35.2 Å². The van der Waals surface area contributed by atoms with E-state index in [0.717, 1.165) is 17.2 Å². The number of non-ortho nitro benzene ring substituents is 1. The molecule has 4 aromatic carbocycles. The highest BCUT2D eigenvalue weighted by atomic mass is 35.5. The monoisotopic (exact) mass is 575 g/mol. The van der Waals surface area contributed by atoms with Crippen molar-refractivity contribution in [3.8, 4) is 23.0 Å². The van der Waals surface area contributed by atoms with Gasteiger partial charge in [-0.3, -0.25) is 14.9 Å². The standard InChI is InChI=1S/C30H26ClN3O7/c1-38-27-14-21(11-12-26(27)40-18-20-7-4-3-5-8-20)19-41-29-25(31)13-22(15-28(29)39-2)17-32-33-30(35)23-9-6-10-24(16-23)34(36)37/h3-17H,18-19H2,1-2H3,(H,33,35)/b32-17+. The number of ether oxygens (including phenoxy) is 4. The second-order valence-corrected chi connectivity index (χ2v) is 9.00. The normalized spacial score (nSPS) is 10.7. The molecule has 11 heteroatoms. The van der Waals surface area contributed by atoms with Crippen molar-refractivity contribution in [3.05, 3.63) is 122 Å². The molecule has 0 saturated carbocycles. The van der Waals surface area contributed by atoms with Crippen LogP contribution in [-0.4, -0.2) is 31.3 Å². The summed E-state index contributed by atoms with van der Waals surface area (Å²) in [7, 11) is 3.05. The Bertz CT molecular complexity index is 1560. The third-order valence-electron chi connectivity index (χ3n) is 5.80. The van der Waals surface area contributed by atoms with Crippen LogP contribution in [0.4, 0.5) is 5.69 Å². The van der Waals surface area contributed by atoms with Crippen LogP contribution in [0.5, 0.6) is 23.0 Å². The molecule has 4 rings (SSSR count). The zero-order chi connectivity index (χ0) is 29.2. The number of nitro groups is 1. The van der Waals surface area contributed by atoms with Gasteiger partial charge in [0.05, 0.1) is 30.4 Å². The van der Waals surface area contributed by atoms with E-state index in [1.54, 1.807) is 19.2 Å².